The molecule has 0 aliphatic heterocycles. The molecular weight excluding hydrogens is 272 g/mol. The predicted molar refractivity (Wildman–Crippen MR) is 73.8 cm³/mol. The van der Waals surface area contributed by atoms with Crippen LogP contribution in [0, 0.1) is 0 Å². The van der Waals surface area contributed by atoms with E-state index in [1.165, 1.54) is 17.4 Å². The van der Waals surface area contributed by atoms with Crippen molar-refractivity contribution in [3.63, 3.8) is 0 Å². The van der Waals surface area contributed by atoms with Crippen LogP contribution in [0.25, 0.3) is 0 Å². The number of carbonyl (C=O) groups excluding carboxylic acids is 1. The number of primary amides is 1. The monoisotopic (exact) mass is 282 g/mol. The number of hydrogen-bond donors (Lipinski definition) is 3. The lowest BCUT2D eigenvalue weighted by atomic mass is 10.1. The number of halogens is 1. The molecule has 0 fully saturated rings. The summed E-state index contributed by atoms with van der Waals surface area (Å²) in [7, 11) is 0. The molecule has 2 rings (SSSR count). The zero-order valence-electron chi connectivity index (χ0n) is 9.31. The third kappa shape index (κ3) is 2.72. The van der Waals surface area contributed by atoms with Crippen LogP contribution in [-0.2, 0) is 6.54 Å². The molecule has 94 valence electrons. The number of hydrogen-bond acceptors (Lipinski definition) is 5. The molecule has 7 heteroatoms. The fourth-order valence-corrected chi connectivity index (χ4v) is 2.34. The summed E-state index contributed by atoms with van der Waals surface area (Å²) in [5, 5.41) is 3.44. The van der Waals surface area contributed by atoms with E-state index in [-0.39, 0.29) is 5.56 Å². The lowest BCUT2D eigenvalue weighted by Crippen LogP contribution is -2.15. The number of nitrogens with one attached hydrogen (secondary N) is 1. The van der Waals surface area contributed by atoms with Crippen LogP contribution in [0.2, 0.25) is 5.02 Å². The Balaban J connectivity index is 2.28. The average Bonchev–Trinajstić information content (AvgIpc) is 2.79. The average molecular weight is 283 g/mol. The fraction of sp³-hybridized carbons (Fsp3) is 0.0909. The molecule has 1 aromatic carbocycles. The maximum atomic E-state index is 11.3. The van der Waals surface area contributed by atoms with Crippen LogP contribution >= 0.6 is 22.9 Å². The summed E-state index contributed by atoms with van der Waals surface area (Å²) >= 11 is 7.56. The van der Waals surface area contributed by atoms with E-state index in [9.17, 15) is 4.79 Å². The standard InChI is InChI=1S/C11H11ClN4OS/c12-9-2-6(13)1-8(11(14)17)10(9)16-4-7-3-15-5-18-7/h1-3,5,16H,4,13H2,(H2,14,17). The first-order valence-corrected chi connectivity index (χ1v) is 6.33. The van der Waals surface area contributed by atoms with Gasteiger partial charge in [0.2, 0.25) is 0 Å². The highest BCUT2D eigenvalue weighted by Gasteiger charge is 2.13. The quantitative estimate of drug-likeness (QED) is 0.749. The number of nitrogen functional groups attached to an aromatic ring is 1. The molecule has 2 aromatic rings. The number of nitrogens with two attached hydrogens (primary N) is 2. The normalized spacial score (nSPS) is 10.3. The van der Waals surface area contributed by atoms with Gasteiger partial charge in [-0.05, 0) is 12.1 Å². The number of benzene rings is 1. The number of thiazole rings is 1. The lowest BCUT2D eigenvalue weighted by Gasteiger charge is -2.12. The first-order valence-electron chi connectivity index (χ1n) is 5.08. The molecule has 0 aliphatic rings. The highest BCUT2D eigenvalue weighted by atomic mass is 35.5. The SMILES string of the molecule is NC(=O)c1cc(N)cc(Cl)c1NCc1cncs1. The number of anilines is 2. The summed E-state index contributed by atoms with van der Waals surface area (Å²) in [6.07, 6.45) is 1.74. The van der Waals surface area contributed by atoms with Crippen molar-refractivity contribution >= 4 is 40.2 Å². The van der Waals surface area contributed by atoms with Crippen LogP contribution in [0.5, 0.6) is 0 Å². The number of amides is 1. The molecule has 0 aliphatic carbocycles. The van der Waals surface area contributed by atoms with E-state index in [1.54, 1.807) is 17.8 Å². The van der Waals surface area contributed by atoms with E-state index in [4.69, 9.17) is 23.1 Å². The molecule has 0 bridgehead atoms. The molecule has 0 unspecified atom stereocenters. The molecular formula is C11H11ClN4OS. The highest BCUT2D eigenvalue weighted by Crippen LogP contribution is 2.29. The zero-order valence-corrected chi connectivity index (χ0v) is 10.9. The number of aromatic nitrogens is 1. The third-order valence-electron chi connectivity index (χ3n) is 2.30. The van der Waals surface area contributed by atoms with Gasteiger partial charge in [-0.15, -0.1) is 11.3 Å². The molecule has 1 heterocycles. The summed E-state index contributed by atoms with van der Waals surface area (Å²) in [5.74, 6) is -0.573. The second-order valence-corrected chi connectivity index (χ2v) is 4.99. The van der Waals surface area contributed by atoms with Gasteiger partial charge in [0.25, 0.3) is 5.91 Å². The Morgan fingerprint density at radius 2 is 2.28 bits per heavy atom. The van der Waals surface area contributed by atoms with Gasteiger partial charge < -0.3 is 16.8 Å². The maximum Gasteiger partial charge on any atom is 0.250 e. The Morgan fingerprint density at radius 1 is 1.50 bits per heavy atom. The minimum Gasteiger partial charge on any atom is -0.399 e. The maximum absolute atomic E-state index is 11.3. The summed E-state index contributed by atoms with van der Waals surface area (Å²) in [5.41, 5.74) is 13.8. The summed E-state index contributed by atoms with van der Waals surface area (Å²) in [6, 6.07) is 3.08. The first-order chi connectivity index (χ1) is 8.58. The van der Waals surface area contributed by atoms with E-state index in [1.807, 2.05) is 0 Å². The molecule has 5 nitrogen and oxygen atoms in total. The van der Waals surface area contributed by atoms with E-state index in [2.05, 4.69) is 10.3 Å². The van der Waals surface area contributed by atoms with Gasteiger partial charge in [0.15, 0.2) is 0 Å². The number of rotatable bonds is 4. The Morgan fingerprint density at radius 3 is 2.89 bits per heavy atom. The molecule has 0 radical (unpaired) electrons. The molecule has 1 aromatic heterocycles. The van der Waals surface area contributed by atoms with Crippen LogP contribution in [-0.4, -0.2) is 10.9 Å². The van der Waals surface area contributed by atoms with Gasteiger partial charge in [0.05, 0.1) is 28.3 Å². The number of nitrogens with zero attached hydrogens (tertiary/aromatic N) is 1. The minimum atomic E-state index is -0.573. The van der Waals surface area contributed by atoms with Gasteiger partial charge in [0, 0.05) is 16.8 Å². The Labute approximate surface area is 113 Å². The third-order valence-corrected chi connectivity index (χ3v) is 3.38. The Hall–Kier alpha value is -1.79. The van der Waals surface area contributed by atoms with E-state index in [0.717, 1.165) is 4.88 Å². The van der Waals surface area contributed by atoms with Crippen LogP contribution < -0.4 is 16.8 Å². The van der Waals surface area contributed by atoms with Crippen LogP contribution in [0.4, 0.5) is 11.4 Å². The fourth-order valence-electron chi connectivity index (χ4n) is 1.51. The molecule has 1 amide bonds. The van der Waals surface area contributed by atoms with Crippen molar-refractivity contribution in [2.75, 3.05) is 11.1 Å². The largest absolute Gasteiger partial charge is 0.399 e. The molecule has 0 saturated carbocycles. The van der Waals surface area contributed by atoms with Crippen molar-refractivity contribution in [3.8, 4) is 0 Å². The van der Waals surface area contributed by atoms with Gasteiger partial charge in [-0.25, -0.2) is 0 Å². The van der Waals surface area contributed by atoms with Crippen molar-refractivity contribution in [2.45, 2.75) is 6.54 Å². The van der Waals surface area contributed by atoms with Gasteiger partial charge in [-0.1, -0.05) is 11.6 Å². The molecule has 5 N–H and O–H groups in total. The van der Waals surface area contributed by atoms with Gasteiger partial charge >= 0.3 is 0 Å². The molecule has 0 atom stereocenters. The molecule has 0 spiro atoms. The van der Waals surface area contributed by atoms with Gasteiger partial charge in [0.1, 0.15) is 0 Å². The molecule has 0 saturated heterocycles. The molecule has 18 heavy (non-hydrogen) atoms. The van der Waals surface area contributed by atoms with Crippen molar-refractivity contribution < 1.29 is 4.79 Å². The van der Waals surface area contributed by atoms with E-state index < -0.39 is 5.91 Å². The Bertz CT molecular complexity index is 571. The van der Waals surface area contributed by atoms with E-state index in [0.29, 0.717) is 22.9 Å². The summed E-state index contributed by atoms with van der Waals surface area (Å²) < 4.78 is 0. The smallest absolute Gasteiger partial charge is 0.250 e. The minimum absolute atomic E-state index is 0.282. The Kier molecular flexibility index (Phi) is 3.69. The van der Waals surface area contributed by atoms with Crippen molar-refractivity contribution in [3.05, 3.63) is 39.3 Å². The predicted octanol–water partition coefficient (Wildman–Crippen LogP) is 2.09. The first kappa shape index (κ1) is 12.7. The second kappa shape index (κ2) is 5.24. The highest BCUT2D eigenvalue weighted by molar-refractivity contribution is 7.09. The van der Waals surface area contributed by atoms with Crippen LogP contribution in [0.3, 0.4) is 0 Å². The summed E-state index contributed by atoms with van der Waals surface area (Å²) in [6.45, 7) is 0.522. The number of carbonyl (C=O) groups is 1. The van der Waals surface area contributed by atoms with Crippen LogP contribution in [0.15, 0.2) is 23.8 Å². The summed E-state index contributed by atoms with van der Waals surface area (Å²) in [4.78, 5) is 16.3. The van der Waals surface area contributed by atoms with E-state index >= 15 is 0 Å². The van der Waals surface area contributed by atoms with Gasteiger partial charge in [-0.2, -0.15) is 0 Å². The van der Waals surface area contributed by atoms with Crippen molar-refractivity contribution in [1.29, 1.82) is 0 Å². The zero-order chi connectivity index (χ0) is 13.1. The van der Waals surface area contributed by atoms with Gasteiger partial charge in [-0.3, -0.25) is 9.78 Å². The second-order valence-electron chi connectivity index (χ2n) is 3.61. The van der Waals surface area contributed by atoms with Crippen molar-refractivity contribution in [2.24, 2.45) is 5.73 Å². The lowest BCUT2D eigenvalue weighted by molar-refractivity contribution is 0.100. The topological polar surface area (TPSA) is 94.0 Å². The van der Waals surface area contributed by atoms with Crippen molar-refractivity contribution in [1.82, 2.24) is 4.98 Å². The van der Waals surface area contributed by atoms with Crippen LogP contribution in [0.1, 0.15) is 15.2 Å².